The van der Waals surface area contributed by atoms with E-state index < -0.39 is 0 Å². The van der Waals surface area contributed by atoms with Gasteiger partial charge in [-0.05, 0) is 53.2 Å². The largest absolute Gasteiger partial charge is 0.375 e. The summed E-state index contributed by atoms with van der Waals surface area (Å²) in [6, 6.07) is 8.98. The number of hydrogen-bond acceptors (Lipinski definition) is 2. The highest BCUT2D eigenvalue weighted by Crippen LogP contribution is 2.30. The molecule has 0 radical (unpaired) electrons. The second-order valence-corrected chi connectivity index (χ2v) is 7.04. The van der Waals surface area contributed by atoms with Gasteiger partial charge in [0.2, 0.25) is 0 Å². The van der Waals surface area contributed by atoms with E-state index in [1.54, 1.807) is 23.5 Å². The van der Waals surface area contributed by atoms with Crippen LogP contribution in [0, 0.1) is 5.82 Å². The van der Waals surface area contributed by atoms with Crippen molar-refractivity contribution in [3.63, 3.8) is 0 Å². The van der Waals surface area contributed by atoms with E-state index in [0.29, 0.717) is 5.69 Å². The van der Waals surface area contributed by atoms with Crippen molar-refractivity contribution < 1.29 is 4.39 Å². The molecular weight excluding hydrogens is 369 g/mol. The molecule has 0 spiro atoms. The average molecular weight is 379 g/mol. The number of halogens is 3. The van der Waals surface area contributed by atoms with E-state index in [0.717, 1.165) is 13.1 Å². The Morgan fingerprint density at radius 1 is 1.24 bits per heavy atom. The van der Waals surface area contributed by atoms with Crippen LogP contribution >= 0.6 is 43.2 Å². The maximum absolute atomic E-state index is 13.6. The molecule has 1 N–H and O–H groups in total. The average Bonchev–Trinajstić information content (AvgIpc) is 2.70. The second-order valence-electron chi connectivity index (χ2n) is 3.63. The first-order chi connectivity index (χ1) is 8.06. The number of rotatable bonds is 3. The van der Waals surface area contributed by atoms with E-state index >= 15 is 0 Å². The molecule has 0 saturated heterocycles. The summed E-state index contributed by atoms with van der Waals surface area (Å²) < 4.78 is 15.5. The van der Waals surface area contributed by atoms with Crippen molar-refractivity contribution in [2.45, 2.75) is 13.0 Å². The summed E-state index contributed by atoms with van der Waals surface area (Å²) in [5, 5.41) is 3.17. The monoisotopic (exact) mass is 377 g/mol. The van der Waals surface area contributed by atoms with Crippen LogP contribution in [0.15, 0.2) is 38.6 Å². The van der Waals surface area contributed by atoms with Crippen LogP contribution in [0.3, 0.4) is 0 Å². The Morgan fingerprint density at radius 2 is 2.00 bits per heavy atom. The minimum absolute atomic E-state index is 0.0788. The SMILES string of the molecule is CC(Nc1cc(Br)ccc1F)c1ccc(Br)s1. The van der Waals surface area contributed by atoms with Crippen molar-refractivity contribution >= 4 is 48.9 Å². The molecule has 5 heteroatoms. The standard InChI is InChI=1S/C12H10Br2FNS/c1-7(11-4-5-12(14)17-11)16-10-6-8(13)2-3-9(10)15/h2-7,16H,1H3. The van der Waals surface area contributed by atoms with Gasteiger partial charge in [0, 0.05) is 9.35 Å². The van der Waals surface area contributed by atoms with Gasteiger partial charge in [0.15, 0.2) is 0 Å². The molecule has 0 aliphatic carbocycles. The lowest BCUT2D eigenvalue weighted by Crippen LogP contribution is -2.06. The highest BCUT2D eigenvalue weighted by molar-refractivity contribution is 9.11. The molecule has 1 aromatic heterocycles. The van der Waals surface area contributed by atoms with Gasteiger partial charge in [0.25, 0.3) is 0 Å². The fourth-order valence-electron chi connectivity index (χ4n) is 1.47. The molecule has 0 amide bonds. The quantitative estimate of drug-likeness (QED) is 0.734. The van der Waals surface area contributed by atoms with Gasteiger partial charge in [-0.25, -0.2) is 4.39 Å². The summed E-state index contributed by atoms with van der Waals surface area (Å²) in [5.41, 5.74) is 0.511. The van der Waals surface area contributed by atoms with Crippen LogP contribution in [0.5, 0.6) is 0 Å². The first kappa shape index (κ1) is 13.1. The van der Waals surface area contributed by atoms with Crippen molar-refractivity contribution in [2.24, 2.45) is 0 Å². The van der Waals surface area contributed by atoms with E-state index in [1.165, 1.54) is 6.07 Å². The number of nitrogens with one attached hydrogen (secondary N) is 1. The first-order valence-electron chi connectivity index (χ1n) is 5.03. The molecule has 0 aliphatic rings. The van der Waals surface area contributed by atoms with Crippen LogP contribution in [0.25, 0.3) is 0 Å². The third-order valence-corrected chi connectivity index (χ3v) is 4.62. The molecule has 0 fully saturated rings. The third kappa shape index (κ3) is 3.30. The molecule has 0 aliphatic heterocycles. The smallest absolute Gasteiger partial charge is 0.146 e. The molecule has 1 atom stereocenters. The Bertz CT molecular complexity index is 527. The summed E-state index contributed by atoms with van der Waals surface area (Å²) in [7, 11) is 0. The van der Waals surface area contributed by atoms with E-state index in [4.69, 9.17) is 0 Å². The normalized spacial score (nSPS) is 12.5. The Hall–Kier alpha value is -0.390. The highest BCUT2D eigenvalue weighted by Gasteiger charge is 2.10. The van der Waals surface area contributed by atoms with Gasteiger partial charge < -0.3 is 5.32 Å². The van der Waals surface area contributed by atoms with Gasteiger partial charge >= 0.3 is 0 Å². The van der Waals surface area contributed by atoms with Crippen molar-refractivity contribution in [1.82, 2.24) is 0 Å². The van der Waals surface area contributed by atoms with E-state index in [1.807, 2.05) is 19.1 Å². The fraction of sp³-hybridized carbons (Fsp3) is 0.167. The number of benzene rings is 1. The van der Waals surface area contributed by atoms with Crippen LogP contribution in [0.2, 0.25) is 0 Å². The zero-order valence-electron chi connectivity index (χ0n) is 9.01. The van der Waals surface area contributed by atoms with Gasteiger partial charge in [0.05, 0.1) is 15.5 Å². The Kier molecular flexibility index (Phi) is 4.22. The third-order valence-electron chi connectivity index (χ3n) is 2.32. The van der Waals surface area contributed by atoms with Gasteiger partial charge in [-0.3, -0.25) is 0 Å². The molecular formula is C12H10Br2FNS. The molecule has 90 valence electrons. The molecule has 2 rings (SSSR count). The maximum atomic E-state index is 13.6. The minimum Gasteiger partial charge on any atom is -0.375 e. The van der Waals surface area contributed by atoms with Crippen molar-refractivity contribution in [1.29, 1.82) is 0 Å². The van der Waals surface area contributed by atoms with E-state index in [2.05, 4.69) is 37.2 Å². The molecule has 1 nitrogen and oxygen atoms in total. The Morgan fingerprint density at radius 3 is 2.65 bits per heavy atom. The van der Waals surface area contributed by atoms with Gasteiger partial charge in [-0.2, -0.15) is 0 Å². The molecule has 17 heavy (non-hydrogen) atoms. The lowest BCUT2D eigenvalue weighted by molar-refractivity contribution is 0.627. The number of thiophene rings is 1. The van der Waals surface area contributed by atoms with E-state index in [9.17, 15) is 4.39 Å². The summed E-state index contributed by atoms with van der Waals surface area (Å²) >= 11 is 8.40. The van der Waals surface area contributed by atoms with Gasteiger partial charge in [-0.15, -0.1) is 11.3 Å². The molecule has 2 aromatic rings. The molecule has 0 saturated carbocycles. The maximum Gasteiger partial charge on any atom is 0.146 e. The van der Waals surface area contributed by atoms with Crippen molar-refractivity contribution in [3.05, 3.63) is 49.3 Å². The fourth-order valence-corrected chi connectivity index (χ4v) is 3.26. The van der Waals surface area contributed by atoms with Gasteiger partial charge in [0.1, 0.15) is 5.82 Å². The van der Waals surface area contributed by atoms with Crippen LogP contribution in [0.1, 0.15) is 17.8 Å². The van der Waals surface area contributed by atoms with Gasteiger partial charge in [-0.1, -0.05) is 15.9 Å². The van der Waals surface area contributed by atoms with Crippen LogP contribution in [-0.4, -0.2) is 0 Å². The Labute approximate surface area is 120 Å². The first-order valence-corrected chi connectivity index (χ1v) is 7.43. The number of anilines is 1. The van der Waals surface area contributed by atoms with Crippen LogP contribution in [0.4, 0.5) is 10.1 Å². The molecule has 1 aromatic carbocycles. The zero-order chi connectivity index (χ0) is 12.4. The summed E-state index contributed by atoms with van der Waals surface area (Å²) in [5.74, 6) is -0.240. The van der Waals surface area contributed by atoms with Crippen LogP contribution < -0.4 is 5.32 Å². The van der Waals surface area contributed by atoms with Crippen molar-refractivity contribution in [2.75, 3.05) is 5.32 Å². The van der Waals surface area contributed by atoms with Crippen LogP contribution in [-0.2, 0) is 0 Å². The van der Waals surface area contributed by atoms with E-state index in [-0.39, 0.29) is 11.9 Å². The molecule has 1 unspecified atom stereocenters. The predicted molar refractivity (Wildman–Crippen MR) is 78.2 cm³/mol. The summed E-state index contributed by atoms with van der Waals surface area (Å²) in [6.07, 6.45) is 0. The lowest BCUT2D eigenvalue weighted by atomic mass is 10.2. The Balaban J connectivity index is 2.18. The van der Waals surface area contributed by atoms with Crippen molar-refractivity contribution in [3.8, 4) is 0 Å². The number of hydrogen-bond donors (Lipinski definition) is 1. The molecule has 0 bridgehead atoms. The topological polar surface area (TPSA) is 12.0 Å². The predicted octanol–water partition coefficient (Wildman–Crippen LogP) is 5.59. The summed E-state index contributed by atoms with van der Waals surface area (Å²) in [4.78, 5) is 1.16. The summed E-state index contributed by atoms with van der Waals surface area (Å²) in [6.45, 7) is 2.01. The second kappa shape index (κ2) is 5.50. The minimum atomic E-state index is -0.240. The molecule has 1 heterocycles. The lowest BCUT2D eigenvalue weighted by Gasteiger charge is -2.14. The zero-order valence-corrected chi connectivity index (χ0v) is 13.0. The highest BCUT2D eigenvalue weighted by atomic mass is 79.9.